The summed E-state index contributed by atoms with van der Waals surface area (Å²) in [5.41, 5.74) is 2.04. The number of nitrogens with zero attached hydrogens (tertiary/aromatic N) is 2. The predicted molar refractivity (Wildman–Crippen MR) is 68.3 cm³/mol. The van der Waals surface area contributed by atoms with Gasteiger partial charge in [0.2, 0.25) is 5.95 Å². The average Bonchev–Trinajstić information content (AvgIpc) is 2.17. The lowest BCUT2D eigenvalue weighted by Crippen LogP contribution is -2.38. The Balaban J connectivity index is 0.00000128. The summed E-state index contributed by atoms with van der Waals surface area (Å²) in [5.74, 6) is 0.765. The van der Waals surface area contributed by atoms with Crippen molar-refractivity contribution < 1.29 is 0 Å². The first-order chi connectivity index (χ1) is 7.24. The molecule has 0 aliphatic carbocycles. The molecule has 0 bridgehead atoms. The molecule has 1 aliphatic rings. The lowest BCUT2D eigenvalue weighted by Gasteiger charge is -2.23. The molecule has 1 aromatic heterocycles. The molecule has 0 amide bonds. The fourth-order valence-electron chi connectivity index (χ4n) is 1.95. The molecule has 1 fully saturated rings. The molecule has 0 unspecified atom stereocenters. The van der Waals surface area contributed by atoms with Gasteiger partial charge in [-0.3, -0.25) is 0 Å². The smallest absolute Gasteiger partial charge is 0.223 e. The van der Waals surface area contributed by atoms with Gasteiger partial charge in [0.15, 0.2) is 0 Å². The normalized spacial score (nSPS) is 20.0. The van der Waals surface area contributed by atoms with Gasteiger partial charge in [-0.25, -0.2) is 9.97 Å². The fourth-order valence-corrected chi connectivity index (χ4v) is 1.95. The first-order valence-corrected chi connectivity index (χ1v) is 5.53. The molecule has 2 heterocycles. The number of rotatable bonds is 2. The zero-order valence-electron chi connectivity index (χ0n) is 9.79. The summed E-state index contributed by atoms with van der Waals surface area (Å²) >= 11 is 0. The van der Waals surface area contributed by atoms with E-state index in [-0.39, 0.29) is 12.4 Å². The highest BCUT2D eigenvalue weighted by molar-refractivity contribution is 5.85. The number of aromatic nitrogens is 2. The van der Waals surface area contributed by atoms with Gasteiger partial charge in [-0.15, -0.1) is 12.4 Å². The summed E-state index contributed by atoms with van der Waals surface area (Å²) in [6.45, 7) is 6.14. The molecule has 2 N–H and O–H groups in total. The number of hydrogen-bond donors (Lipinski definition) is 2. The third-order valence-electron chi connectivity index (χ3n) is 2.61. The highest BCUT2D eigenvalue weighted by Crippen LogP contribution is 2.09. The predicted octanol–water partition coefficient (Wildman–Crippen LogP) is 1.68. The van der Waals surface area contributed by atoms with Crippen molar-refractivity contribution in [2.45, 2.75) is 32.7 Å². The van der Waals surface area contributed by atoms with Gasteiger partial charge in [-0.2, -0.15) is 0 Å². The Hall–Kier alpha value is -0.870. The van der Waals surface area contributed by atoms with Crippen LogP contribution in [-0.4, -0.2) is 29.1 Å². The second kappa shape index (κ2) is 6.01. The molecule has 90 valence electrons. The molecular formula is C11H19ClN4. The number of nitrogens with one attached hydrogen (secondary N) is 2. The van der Waals surface area contributed by atoms with Crippen molar-refractivity contribution in [3.63, 3.8) is 0 Å². The molecule has 0 aromatic carbocycles. The first-order valence-electron chi connectivity index (χ1n) is 5.53. The largest absolute Gasteiger partial charge is 0.350 e. The number of anilines is 1. The van der Waals surface area contributed by atoms with Crippen LogP contribution in [0.25, 0.3) is 0 Å². The Labute approximate surface area is 103 Å². The van der Waals surface area contributed by atoms with Gasteiger partial charge < -0.3 is 10.6 Å². The number of hydrogen-bond acceptors (Lipinski definition) is 4. The van der Waals surface area contributed by atoms with Gasteiger partial charge in [0.05, 0.1) is 0 Å². The van der Waals surface area contributed by atoms with Crippen LogP contribution in [0.3, 0.4) is 0 Å². The topological polar surface area (TPSA) is 49.8 Å². The van der Waals surface area contributed by atoms with E-state index in [0.717, 1.165) is 30.4 Å². The van der Waals surface area contributed by atoms with Crippen LogP contribution >= 0.6 is 12.4 Å². The molecule has 1 aliphatic heterocycles. The van der Waals surface area contributed by atoms with E-state index in [1.54, 1.807) is 0 Å². The molecule has 1 aromatic rings. The Morgan fingerprint density at radius 2 is 2.00 bits per heavy atom. The number of piperidine rings is 1. The second-order valence-corrected chi connectivity index (χ2v) is 4.16. The van der Waals surface area contributed by atoms with Gasteiger partial charge in [-0.05, 0) is 39.3 Å². The molecule has 0 radical (unpaired) electrons. The summed E-state index contributed by atoms with van der Waals surface area (Å²) in [6, 6.07) is 2.46. The minimum atomic E-state index is 0. The second-order valence-electron chi connectivity index (χ2n) is 4.16. The number of aryl methyl sites for hydroxylation is 2. The van der Waals surface area contributed by atoms with Crippen LogP contribution in [0.2, 0.25) is 0 Å². The van der Waals surface area contributed by atoms with Crippen molar-refractivity contribution in [2.75, 3.05) is 18.4 Å². The van der Waals surface area contributed by atoms with Gasteiger partial charge >= 0.3 is 0 Å². The lowest BCUT2D eigenvalue weighted by atomic mass is 10.1. The van der Waals surface area contributed by atoms with Crippen LogP contribution < -0.4 is 10.6 Å². The van der Waals surface area contributed by atoms with Crippen molar-refractivity contribution in [2.24, 2.45) is 0 Å². The van der Waals surface area contributed by atoms with E-state index < -0.39 is 0 Å². The summed E-state index contributed by atoms with van der Waals surface area (Å²) in [4.78, 5) is 8.76. The average molecular weight is 243 g/mol. The SMILES string of the molecule is Cc1cc(C)nc(N[C@@H]2CCCNC2)n1.Cl. The Bertz CT molecular complexity index is 317. The molecule has 4 nitrogen and oxygen atoms in total. The first kappa shape index (κ1) is 13.2. The maximum absolute atomic E-state index is 4.38. The van der Waals surface area contributed by atoms with Crippen molar-refractivity contribution in [3.05, 3.63) is 17.5 Å². The summed E-state index contributed by atoms with van der Waals surface area (Å²) in [7, 11) is 0. The van der Waals surface area contributed by atoms with Crippen molar-refractivity contribution in [1.29, 1.82) is 0 Å². The highest BCUT2D eigenvalue weighted by atomic mass is 35.5. The van der Waals surface area contributed by atoms with E-state index in [1.807, 2.05) is 19.9 Å². The minimum absolute atomic E-state index is 0. The van der Waals surface area contributed by atoms with Crippen molar-refractivity contribution >= 4 is 18.4 Å². The summed E-state index contributed by atoms with van der Waals surface area (Å²) in [5, 5.41) is 6.74. The van der Waals surface area contributed by atoms with E-state index in [0.29, 0.717) is 6.04 Å². The zero-order valence-corrected chi connectivity index (χ0v) is 10.6. The maximum atomic E-state index is 4.38. The minimum Gasteiger partial charge on any atom is -0.350 e. The van der Waals surface area contributed by atoms with E-state index >= 15 is 0 Å². The molecular weight excluding hydrogens is 224 g/mol. The van der Waals surface area contributed by atoms with Crippen molar-refractivity contribution in [1.82, 2.24) is 15.3 Å². The molecule has 2 rings (SSSR count). The maximum Gasteiger partial charge on any atom is 0.223 e. The third kappa shape index (κ3) is 3.61. The van der Waals surface area contributed by atoms with E-state index in [1.165, 1.54) is 12.8 Å². The van der Waals surface area contributed by atoms with Crippen LogP contribution in [0.5, 0.6) is 0 Å². The van der Waals surface area contributed by atoms with Gasteiger partial charge in [0.25, 0.3) is 0 Å². The van der Waals surface area contributed by atoms with E-state index in [4.69, 9.17) is 0 Å². The Morgan fingerprint density at radius 1 is 1.31 bits per heavy atom. The van der Waals surface area contributed by atoms with Gasteiger partial charge in [-0.1, -0.05) is 0 Å². The Morgan fingerprint density at radius 3 is 2.56 bits per heavy atom. The molecule has 0 spiro atoms. The molecule has 1 saturated heterocycles. The van der Waals surface area contributed by atoms with E-state index in [9.17, 15) is 0 Å². The standard InChI is InChI=1S/C11H18N4.ClH/c1-8-6-9(2)14-11(13-8)15-10-4-3-5-12-7-10;/h6,10,12H,3-5,7H2,1-2H3,(H,13,14,15);1H/t10-;/m1./s1. The summed E-state index contributed by atoms with van der Waals surface area (Å²) in [6.07, 6.45) is 2.42. The third-order valence-corrected chi connectivity index (χ3v) is 2.61. The Kier molecular flexibility index (Phi) is 4.96. The molecule has 0 saturated carbocycles. The number of halogens is 1. The van der Waals surface area contributed by atoms with Crippen LogP contribution in [0.15, 0.2) is 6.07 Å². The quantitative estimate of drug-likeness (QED) is 0.829. The molecule has 5 heteroatoms. The van der Waals surface area contributed by atoms with Gasteiger partial charge in [0.1, 0.15) is 0 Å². The zero-order chi connectivity index (χ0) is 10.7. The van der Waals surface area contributed by atoms with Crippen LogP contribution in [0.4, 0.5) is 5.95 Å². The van der Waals surface area contributed by atoms with Gasteiger partial charge in [0, 0.05) is 24.0 Å². The van der Waals surface area contributed by atoms with Crippen LogP contribution in [-0.2, 0) is 0 Å². The monoisotopic (exact) mass is 242 g/mol. The van der Waals surface area contributed by atoms with Crippen molar-refractivity contribution in [3.8, 4) is 0 Å². The van der Waals surface area contributed by atoms with E-state index in [2.05, 4.69) is 20.6 Å². The molecule has 1 atom stereocenters. The lowest BCUT2D eigenvalue weighted by molar-refractivity contribution is 0.478. The van der Waals surface area contributed by atoms with Crippen LogP contribution in [0.1, 0.15) is 24.2 Å². The summed E-state index contributed by atoms with van der Waals surface area (Å²) < 4.78 is 0. The highest BCUT2D eigenvalue weighted by Gasteiger charge is 2.13. The molecule has 16 heavy (non-hydrogen) atoms. The fraction of sp³-hybridized carbons (Fsp3) is 0.636. The van der Waals surface area contributed by atoms with Crippen LogP contribution in [0, 0.1) is 13.8 Å².